The number of hydrogen-bond donors (Lipinski definition) is 1. The standard InChI is InChI=1S/C17H18N6O/c1-22(12-15-9-18-7-8-19-15)17(24)21-16-10-20-23(13-16)11-14-5-3-2-4-6-14/h2-10,13H,11-12H2,1H3,(H,21,24). The summed E-state index contributed by atoms with van der Waals surface area (Å²) in [7, 11) is 1.71. The maximum atomic E-state index is 12.2. The molecule has 0 atom stereocenters. The van der Waals surface area contributed by atoms with Crippen LogP contribution in [0.4, 0.5) is 10.5 Å². The molecule has 0 saturated carbocycles. The molecule has 0 fully saturated rings. The van der Waals surface area contributed by atoms with Gasteiger partial charge in [-0.3, -0.25) is 14.6 Å². The van der Waals surface area contributed by atoms with Gasteiger partial charge >= 0.3 is 6.03 Å². The van der Waals surface area contributed by atoms with Crippen molar-refractivity contribution in [2.75, 3.05) is 12.4 Å². The highest BCUT2D eigenvalue weighted by molar-refractivity contribution is 5.88. The molecule has 0 radical (unpaired) electrons. The first kappa shape index (κ1) is 15.7. The zero-order valence-electron chi connectivity index (χ0n) is 13.3. The van der Waals surface area contributed by atoms with E-state index in [4.69, 9.17) is 0 Å². The fraction of sp³-hybridized carbons (Fsp3) is 0.176. The van der Waals surface area contributed by atoms with Crippen LogP contribution in [0.3, 0.4) is 0 Å². The number of amides is 2. The second-order valence-corrected chi connectivity index (χ2v) is 5.40. The third-order valence-electron chi connectivity index (χ3n) is 3.43. The van der Waals surface area contributed by atoms with E-state index in [1.54, 1.807) is 47.6 Å². The Hall–Kier alpha value is -3.22. The van der Waals surface area contributed by atoms with Crippen LogP contribution in [0, 0.1) is 0 Å². The first-order valence-electron chi connectivity index (χ1n) is 7.54. The summed E-state index contributed by atoms with van der Waals surface area (Å²) in [6, 6.07) is 9.81. The Balaban J connectivity index is 1.57. The average molecular weight is 322 g/mol. The summed E-state index contributed by atoms with van der Waals surface area (Å²) in [6.45, 7) is 1.05. The quantitative estimate of drug-likeness (QED) is 0.782. The molecule has 2 heterocycles. The number of hydrogen-bond acceptors (Lipinski definition) is 4. The molecular weight excluding hydrogens is 304 g/mol. The van der Waals surface area contributed by atoms with E-state index < -0.39 is 0 Å². The van der Waals surface area contributed by atoms with E-state index in [0.29, 0.717) is 18.8 Å². The van der Waals surface area contributed by atoms with Crippen molar-refractivity contribution in [3.63, 3.8) is 0 Å². The zero-order valence-corrected chi connectivity index (χ0v) is 13.3. The summed E-state index contributed by atoms with van der Waals surface area (Å²) in [6.07, 6.45) is 8.29. The minimum Gasteiger partial charge on any atom is -0.322 e. The SMILES string of the molecule is CN(Cc1cnccn1)C(=O)Nc1cnn(Cc2ccccc2)c1. The topological polar surface area (TPSA) is 75.9 Å². The Morgan fingerprint density at radius 3 is 2.79 bits per heavy atom. The molecule has 0 aliphatic heterocycles. The zero-order chi connectivity index (χ0) is 16.8. The van der Waals surface area contributed by atoms with Crippen molar-refractivity contribution >= 4 is 11.7 Å². The fourth-order valence-corrected chi connectivity index (χ4v) is 2.23. The molecule has 3 rings (SSSR count). The molecule has 7 nitrogen and oxygen atoms in total. The van der Waals surface area contributed by atoms with Gasteiger partial charge in [-0.05, 0) is 5.56 Å². The molecule has 0 aliphatic carbocycles. The van der Waals surface area contributed by atoms with Crippen molar-refractivity contribution in [1.82, 2.24) is 24.6 Å². The molecule has 7 heteroatoms. The van der Waals surface area contributed by atoms with Crippen molar-refractivity contribution < 1.29 is 4.79 Å². The van der Waals surface area contributed by atoms with Gasteiger partial charge in [0.2, 0.25) is 0 Å². The molecule has 2 aromatic heterocycles. The molecular formula is C17H18N6O. The molecule has 1 aromatic carbocycles. The van der Waals surface area contributed by atoms with Gasteiger partial charge in [0, 0.05) is 25.6 Å². The van der Waals surface area contributed by atoms with Gasteiger partial charge in [0.05, 0.1) is 36.9 Å². The van der Waals surface area contributed by atoms with Crippen molar-refractivity contribution in [1.29, 1.82) is 0 Å². The molecule has 24 heavy (non-hydrogen) atoms. The maximum absolute atomic E-state index is 12.2. The lowest BCUT2D eigenvalue weighted by atomic mass is 10.2. The Kier molecular flexibility index (Phi) is 4.81. The number of aromatic nitrogens is 4. The van der Waals surface area contributed by atoms with E-state index in [0.717, 1.165) is 11.3 Å². The second kappa shape index (κ2) is 7.36. The molecule has 0 bridgehead atoms. The van der Waals surface area contributed by atoms with Crippen LogP contribution in [0.2, 0.25) is 0 Å². The molecule has 0 aliphatic rings. The first-order chi connectivity index (χ1) is 11.7. The lowest BCUT2D eigenvalue weighted by molar-refractivity contribution is 0.220. The summed E-state index contributed by atoms with van der Waals surface area (Å²) in [4.78, 5) is 21.9. The van der Waals surface area contributed by atoms with E-state index >= 15 is 0 Å². The van der Waals surface area contributed by atoms with Gasteiger partial charge in [0.25, 0.3) is 0 Å². The van der Waals surface area contributed by atoms with Gasteiger partial charge in [-0.25, -0.2) is 4.79 Å². The van der Waals surface area contributed by atoms with Crippen molar-refractivity contribution in [2.24, 2.45) is 0 Å². The summed E-state index contributed by atoms with van der Waals surface area (Å²) < 4.78 is 1.79. The normalized spacial score (nSPS) is 10.4. The van der Waals surface area contributed by atoms with E-state index in [1.807, 2.05) is 30.3 Å². The third kappa shape index (κ3) is 4.16. The summed E-state index contributed by atoms with van der Waals surface area (Å²) in [5, 5.41) is 7.09. The van der Waals surface area contributed by atoms with Gasteiger partial charge in [-0.15, -0.1) is 0 Å². The van der Waals surface area contributed by atoms with Crippen LogP contribution >= 0.6 is 0 Å². The number of benzene rings is 1. The molecule has 3 aromatic rings. The van der Waals surface area contributed by atoms with Crippen molar-refractivity contribution in [3.05, 3.63) is 72.6 Å². The Morgan fingerprint density at radius 2 is 2.04 bits per heavy atom. The molecule has 2 amide bonds. The van der Waals surface area contributed by atoms with Crippen LogP contribution in [0.5, 0.6) is 0 Å². The van der Waals surface area contributed by atoms with E-state index in [9.17, 15) is 4.79 Å². The number of carbonyl (C=O) groups excluding carboxylic acids is 1. The minimum absolute atomic E-state index is 0.222. The number of nitrogens with one attached hydrogen (secondary N) is 1. The monoisotopic (exact) mass is 322 g/mol. The maximum Gasteiger partial charge on any atom is 0.322 e. The van der Waals surface area contributed by atoms with Crippen molar-refractivity contribution in [2.45, 2.75) is 13.1 Å². The highest BCUT2D eigenvalue weighted by Crippen LogP contribution is 2.09. The van der Waals surface area contributed by atoms with Gasteiger partial charge in [0.15, 0.2) is 0 Å². The van der Waals surface area contributed by atoms with Crippen LogP contribution in [-0.4, -0.2) is 37.7 Å². The minimum atomic E-state index is -0.222. The Morgan fingerprint density at radius 1 is 1.21 bits per heavy atom. The van der Waals surface area contributed by atoms with Crippen molar-refractivity contribution in [3.8, 4) is 0 Å². The summed E-state index contributed by atoms with van der Waals surface area (Å²) in [5.74, 6) is 0. The van der Waals surface area contributed by atoms with E-state index in [2.05, 4.69) is 20.4 Å². The average Bonchev–Trinajstić information content (AvgIpc) is 3.03. The Labute approximate surface area is 140 Å². The second-order valence-electron chi connectivity index (χ2n) is 5.40. The lowest BCUT2D eigenvalue weighted by Crippen LogP contribution is -2.31. The van der Waals surface area contributed by atoms with Gasteiger partial charge < -0.3 is 10.2 Å². The summed E-state index contributed by atoms with van der Waals surface area (Å²) in [5.41, 5.74) is 2.54. The number of nitrogens with zero attached hydrogens (tertiary/aromatic N) is 5. The van der Waals surface area contributed by atoms with E-state index in [-0.39, 0.29) is 6.03 Å². The molecule has 0 saturated heterocycles. The number of anilines is 1. The van der Waals surface area contributed by atoms with Crippen LogP contribution in [0.25, 0.3) is 0 Å². The predicted molar refractivity (Wildman–Crippen MR) is 90.3 cm³/mol. The fourth-order valence-electron chi connectivity index (χ4n) is 2.23. The molecule has 1 N–H and O–H groups in total. The lowest BCUT2D eigenvalue weighted by Gasteiger charge is -2.16. The van der Waals surface area contributed by atoms with Crippen LogP contribution < -0.4 is 5.32 Å². The third-order valence-corrected chi connectivity index (χ3v) is 3.43. The Bertz CT molecular complexity index is 787. The summed E-state index contributed by atoms with van der Waals surface area (Å²) >= 11 is 0. The van der Waals surface area contributed by atoms with Gasteiger partial charge in [-0.1, -0.05) is 30.3 Å². The molecule has 0 spiro atoms. The smallest absolute Gasteiger partial charge is 0.322 e. The highest BCUT2D eigenvalue weighted by atomic mass is 16.2. The largest absolute Gasteiger partial charge is 0.322 e. The highest BCUT2D eigenvalue weighted by Gasteiger charge is 2.11. The number of carbonyl (C=O) groups is 1. The molecule has 122 valence electrons. The van der Waals surface area contributed by atoms with Gasteiger partial charge in [0.1, 0.15) is 0 Å². The number of rotatable bonds is 5. The molecule has 0 unspecified atom stereocenters. The van der Waals surface area contributed by atoms with Gasteiger partial charge in [-0.2, -0.15) is 5.10 Å². The number of urea groups is 1. The van der Waals surface area contributed by atoms with Crippen LogP contribution in [0.15, 0.2) is 61.3 Å². The van der Waals surface area contributed by atoms with Crippen LogP contribution in [0.1, 0.15) is 11.3 Å². The predicted octanol–water partition coefficient (Wildman–Crippen LogP) is 2.39. The van der Waals surface area contributed by atoms with E-state index in [1.165, 1.54) is 0 Å². The first-order valence-corrected chi connectivity index (χ1v) is 7.54. The van der Waals surface area contributed by atoms with Crippen LogP contribution in [-0.2, 0) is 13.1 Å².